The van der Waals surface area contributed by atoms with E-state index in [2.05, 4.69) is 0 Å². The van der Waals surface area contributed by atoms with Crippen LogP contribution in [-0.2, 0) is 10.0 Å². The zero-order valence-corrected chi connectivity index (χ0v) is 10.0. The van der Waals surface area contributed by atoms with Gasteiger partial charge < -0.3 is 10.2 Å². The van der Waals surface area contributed by atoms with Crippen molar-refractivity contribution in [2.45, 2.75) is 4.90 Å². The van der Waals surface area contributed by atoms with Gasteiger partial charge in [-0.05, 0) is 12.1 Å². The number of aromatic carboxylic acids is 1. The Kier molecular flexibility index (Phi) is 4.22. The number of nitrogens with zero attached hydrogens (tertiary/aromatic N) is 1. The van der Waals surface area contributed by atoms with Gasteiger partial charge in [0, 0.05) is 13.6 Å². The van der Waals surface area contributed by atoms with Crippen LogP contribution in [0.15, 0.2) is 29.2 Å². The SMILES string of the molecule is CN(CCO)S(=O)(=O)c1ccccc1C(=O)O. The maximum Gasteiger partial charge on any atom is 0.337 e. The third-order valence-corrected chi connectivity index (χ3v) is 4.14. The molecule has 0 spiro atoms. The molecular weight excluding hydrogens is 246 g/mol. The molecule has 1 rings (SSSR count). The molecule has 1 aromatic carbocycles. The summed E-state index contributed by atoms with van der Waals surface area (Å²) in [7, 11) is -2.60. The van der Waals surface area contributed by atoms with Crippen LogP contribution in [-0.4, -0.2) is 49.1 Å². The van der Waals surface area contributed by atoms with Gasteiger partial charge in [0.2, 0.25) is 10.0 Å². The second-order valence-corrected chi connectivity index (χ2v) is 5.36. The van der Waals surface area contributed by atoms with Crippen molar-refractivity contribution in [1.29, 1.82) is 0 Å². The van der Waals surface area contributed by atoms with Crippen molar-refractivity contribution in [3.63, 3.8) is 0 Å². The number of carboxylic acid groups (broad SMARTS) is 1. The molecule has 1 aromatic rings. The van der Waals surface area contributed by atoms with E-state index in [0.29, 0.717) is 0 Å². The zero-order valence-electron chi connectivity index (χ0n) is 9.20. The van der Waals surface area contributed by atoms with Crippen LogP contribution in [0.2, 0.25) is 0 Å². The van der Waals surface area contributed by atoms with E-state index in [1.54, 1.807) is 0 Å². The summed E-state index contributed by atoms with van der Waals surface area (Å²) in [5.74, 6) is -1.30. The van der Waals surface area contributed by atoms with Crippen LogP contribution in [0.3, 0.4) is 0 Å². The first-order valence-corrected chi connectivity index (χ1v) is 6.24. The highest BCUT2D eigenvalue weighted by Gasteiger charge is 2.25. The second-order valence-electron chi connectivity index (χ2n) is 3.35. The summed E-state index contributed by atoms with van der Waals surface area (Å²) in [6.07, 6.45) is 0. The van der Waals surface area contributed by atoms with Gasteiger partial charge in [-0.1, -0.05) is 12.1 Å². The van der Waals surface area contributed by atoms with Crippen molar-refractivity contribution in [2.75, 3.05) is 20.2 Å². The molecule has 94 valence electrons. The number of benzene rings is 1. The van der Waals surface area contributed by atoms with Crippen LogP contribution in [0.25, 0.3) is 0 Å². The molecule has 0 saturated heterocycles. The number of hydrogen-bond donors (Lipinski definition) is 2. The molecule has 0 amide bonds. The van der Waals surface area contributed by atoms with E-state index in [9.17, 15) is 13.2 Å². The maximum absolute atomic E-state index is 12.0. The minimum atomic E-state index is -3.88. The summed E-state index contributed by atoms with van der Waals surface area (Å²) in [5.41, 5.74) is -0.280. The summed E-state index contributed by atoms with van der Waals surface area (Å²) in [6, 6.07) is 5.36. The van der Waals surface area contributed by atoms with Gasteiger partial charge in [-0.25, -0.2) is 13.2 Å². The minimum Gasteiger partial charge on any atom is -0.478 e. The van der Waals surface area contributed by atoms with E-state index < -0.39 is 16.0 Å². The summed E-state index contributed by atoms with van der Waals surface area (Å²) in [6.45, 7) is -0.415. The van der Waals surface area contributed by atoms with Gasteiger partial charge in [0.25, 0.3) is 0 Å². The normalized spacial score (nSPS) is 11.7. The summed E-state index contributed by atoms with van der Waals surface area (Å²) >= 11 is 0. The van der Waals surface area contributed by atoms with E-state index in [4.69, 9.17) is 10.2 Å². The Morgan fingerprint density at radius 2 is 1.94 bits per heavy atom. The van der Waals surface area contributed by atoms with E-state index in [0.717, 1.165) is 4.31 Å². The van der Waals surface area contributed by atoms with Crippen molar-refractivity contribution >= 4 is 16.0 Å². The minimum absolute atomic E-state index is 0.0870. The molecule has 0 aliphatic carbocycles. The van der Waals surface area contributed by atoms with Crippen molar-refractivity contribution in [3.05, 3.63) is 29.8 Å². The molecule has 0 heterocycles. The third-order valence-electron chi connectivity index (χ3n) is 2.22. The van der Waals surface area contributed by atoms with E-state index in [1.807, 2.05) is 0 Å². The highest BCUT2D eigenvalue weighted by Crippen LogP contribution is 2.18. The molecule has 0 fully saturated rings. The van der Waals surface area contributed by atoms with Crippen molar-refractivity contribution in [2.24, 2.45) is 0 Å². The summed E-state index contributed by atoms with van der Waals surface area (Å²) in [4.78, 5) is 10.6. The third kappa shape index (κ3) is 2.82. The molecule has 6 nitrogen and oxygen atoms in total. The van der Waals surface area contributed by atoms with Gasteiger partial charge in [-0.3, -0.25) is 0 Å². The summed E-state index contributed by atoms with van der Waals surface area (Å²) < 4.78 is 24.9. The molecule has 0 aromatic heterocycles. The van der Waals surface area contributed by atoms with Crippen molar-refractivity contribution in [3.8, 4) is 0 Å². The van der Waals surface area contributed by atoms with Gasteiger partial charge in [0.15, 0.2) is 0 Å². The van der Waals surface area contributed by atoms with E-state index in [1.165, 1.54) is 31.3 Å². The average molecular weight is 259 g/mol. The quantitative estimate of drug-likeness (QED) is 0.776. The Hall–Kier alpha value is -1.44. The Morgan fingerprint density at radius 3 is 2.47 bits per heavy atom. The number of carbonyl (C=O) groups is 1. The lowest BCUT2D eigenvalue weighted by Crippen LogP contribution is -2.30. The van der Waals surface area contributed by atoms with Crippen molar-refractivity contribution < 1.29 is 23.4 Å². The number of sulfonamides is 1. The van der Waals surface area contributed by atoms with Crippen LogP contribution in [0.1, 0.15) is 10.4 Å². The standard InChI is InChI=1S/C10H13NO5S/c1-11(6-7-12)17(15,16)9-5-3-2-4-8(9)10(13)14/h2-5,12H,6-7H2,1H3,(H,13,14). The Morgan fingerprint density at radius 1 is 1.35 bits per heavy atom. The lowest BCUT2D eigenvalue weighted by molar-refractivity contribution is 0.0692. The highest BCUT2D eigenvalue weighted by atomic mass is 32.2. The molecule has 0 unspecified atom stereocenters. The fraction of sp³-hybridized carbons (Fsp3) is 0.300. The molecule has 0 aliphatic heterocycles. The fourth-order valence-corrected chi connectivity index (χ4v) is 2.64. The van der Waals surface area contributed by atoms with Gasteiger partial charge in [-0.2, -0.15) is 4.31 Å². The van der Waals surface area contributed by atoms with Gasteiger partial charge in [-0.15, -0.1) is 0 Å². The van der Waals surface area contributed by atoms with Crippen LogP contribution in [0.4, 0.5) is 0 Å². The number of likely N-dealkylation sites (N-methyl/N-ethyl adjacent to an activating group) is 1. The topological polar surface area (TPSA) is 94.9 Å². The molecule has 0 atom stereocenters. The molecule has 0 bridgehead atoms. The van der Waals surface area contributed by atoms with Crippen LogP contribution < -0.4 is 0 Å². The predicted octanol–water partition coefficient (Wildman–Crippen LogP) is -0.00240. The van der Waals surface area contributed by atoms with Crippen LogP contribution in [0, 0.1) is 0 Å². The summed E-state index contributed by atoms with van der Waals surface area (Å²) in [5, 5.41) is 17.6. The smallest absolute Gasteiger partial charge is 0.337 e. The van der Waals surface area contributed by atoms with Gasteiger partial charge >= 0.3 is 5.97 Å². The molecule has 0 radical (unpaired) electrons. The fourth-order valence-electron chi connectivity index (χ4n) is 1.30. The number of aliphatic hydroxyl groups excluding tert-OH is 1. The first-order chi connectivity index (χ1) is 7.91. The molecule has 0 saturated carbocycles. The molecule has 0 aliphatic rings. The Balaban J connectivity index is 3.29. The van der Waals surface area contributed by atoms with Crippen molar-refractivity contribution in [1.82, 2.24) is 4.31 Å². The monoisotopic (exact) mass is 259 g/mol. The van der Waals surface area contributed by atoms with E-state index in [-0.39, 0.29) is 23.6 Å². The molecule has 2 N–H and O–H groups in total. The number of aliphatic hydroxyl groups is 1. The lowest BCUT2D eigenvalue weighted by Gasteiger charge is -2.16. The van der Waals surface area contributed by atoms with Gasteiger partial charge in [0.1, 0.15) is 0 Å². The van der Waals surface area contributed by atoms with Gasteiger partial charge in [0.05, 0.1) is 17.1 Å². The zero-order chi connectivity index (χ0) is 13.1. The highest BCUT2D eigenvalue weighted by molar-refractivity contribution is 7.89. The molecule has 7 heteroatoms. The second kappa shape index (κ2) is 5.26. The average Bonchev–Trinajstić information content (AvgIpc) is 2.29. The van der Waals surface area contributed by atoms with E-state index >= 15 is 0 Å². The predicted molar refractivity (Wildman–Crippen MR) is 60.3 cm³/mol. The Labute approximate surface area is 99.2 Å². The van der Waals surface area contributed by atoms with Crippen LogP contribution in [0.5, 0.6) is 0 Å². The first kappa shape index (κ1) is 13.6. The lowest BCUT2D eigenvalue weighted by atomic mass is 10.2. The number of rotatable bonds is 5. The molecular formula is C10H13NO5S. The number of hydrogen-bond acceptors (Lipinski definition) is 4. The largest absolute Gasteiger partial charge is 0.478 e. The Bertz CT molecular complexity index is 511. The number of carboxylic acids is 1. The van der Waals surface area contributed by atoms with Crippen LogP contribution >= 0.6 is 0 Å². The molecule has 17 heavy (non-hydrogen) atoms. The maximum atomic E-state index is 12.0. The first-order valence-electron chi connectivity index (χ1n) is 4.80.